The lowest BCUT2D eigenvalue weighted by Crippen LogP contribution is -2.38. The highest BCUT2D eigenvalue weighted by Gasteiger charge is 2.35. The van der Waals surface area contributed by atoms with Crippen molar-refractivity contribution in [1.82, 2.24) is 0 Å². The van der Waals surface area contributed by atoms with Crippen LogP contribution in [0.5, 0.6) is 0 Å². The molecule has 2 unspecified atom stereocenters. The van der Waals surface area contributed by atoms with Crippen molar-refractivity contribution in [1.29, 1.82) is 0 Å². The van der Waals surface area contributed by atoms with Gasteiger partial charge < -0.3 is 5.11 Å². The minimum atomic E-state index is -0.499. The van der Waals surface area contributed by atoms with E-state index in [1.54, 1.807) is 11.3 Å². The maximum Gasteiger partial charge on any atom is 0.0931 e. The minimum absolute atomic E-state index is 0.499. The van der Waals surface area contributed by atoms with Crippen molar-refractivity contribution < 1.29 is 5.11 Å². The Morgan fingerprint density at radius 1 is 1.53 bits per heavy atom. The summed E-state index contributed by atoms with van der Waals surface area (Å²) in [6.07, 6.45) is 5.07. The Hall–Kier alpha value is -0.0500. The quantitative estimate of drug-likeness (QED) is 0.858. The van der Waals surface area contributed by atoms with E-state index in [0.29, 0.717) is 11.8 Å². The van der Waals surface area contributed by atoms with E-state index in [2.05, 4.69) is 13.8 Å². The second-order valence-corrected chi connectivity index (χ2v) is 7.51. The lowest BCUT2D eigenvalue weighted by molar-refractivity contribution is -0.0233. The number of hydrogen-bond donors (Lipinski definition) is 1. The molecule has 1 N–H and O–H groups in total. The fraction of sp³-hybridized carbons (Fsp3) is 0.714. The van der Waals surface area contributed by atoms with E-state index in [1.807, 2.05) is 12.1 Å². The summed E-state index contributed by atoms with van der Waals surface area (Å²) in [6, 6.07) is 3.97. The Morgan fingerprint density at radius 3 is 2.88 bits per heavy atom. The van der Waals surface area contributed by atoms with Crippen molar-refractivity contribution in [3.8, 4) is 0 Å². The summed E-state index contributed by atoms with van der Waals surface area (Å²) in [5, 5.41) is 10.7. The summed E-state index contributed by atoms with van der Waals surface area (Å²) >= 11 is 7.53. The van der Waals surface area contributed by atoms with E-state index in [1.165, 1.54) is 11.3 Å². The molecule has 1 heterocycles. The van der Waals surface area contributed by atoms with Crippen LogP contribution in [0, 0.1) is 11.8 Å². The molecule has 1 nitrogen and oxygen atoms in total. The van der Waals surface area contributed by atoms with Gasteiger partial charge in [0.1, 0.15) is 0 Å². The van der Waals surface area contributed by atoms with Gasteiger partial charge in [0.25, 0.3) is 0 Å². The highest BCUT2D eigenvalue weighted by molar-refractivity contribution is 7.16. The van der Waals surface area contributed by atoms with E-state index in [0.717, 1.165) is 30.0 Å². The molecule has 1 aliphatic rings. The van der Waals surface area contributed by atoms with Gasteiger partial charge in [0.2, 0.25) is 0 Å². The van der Waals surface area contributed by atoms with Crippen molar-refractivity contribution >= 4 is 22.9 Å². The van der Waals surface area contributed by atoms with Crippen molar-refractivity contribution in [3.63, 3.8) is 0 Å². The zero-order chi connectivity index (χ0) is 12.5. The van der Waals surface area contributed by atoms with Gasteiger partial charge in [-0.25, -0.2) is 0 Å². The van der Waals surface area contributed by atoms with Crippen LogP contribution < -0.4 is 0 Å². The maximum atomic E-state index is 10.7. The summed E-state index contributed by atoms with van der Waals surface area (Å²) < 4.78 is 0.819. The number of hydrogen-bond acceptors (Lipinski definition) is 2. The fourth-order valence-corrected chi connectivity index (χ4v) is 4.11. The molecule has 3 heteroatoms. The average molecular weight is 273 g/mol. The highest BCUT2D eigenvalue weighted by Crippen LogP contribution is 2.39. The van der Waals surface area contributed by atoms with Crippen LogP contribution in [-0.4, -0.2) is 10.7 Å². The third-order valence-electron chi connectivity index (χ3n) is 3.93. The molecule has 1 aromatic heterocycles. The monoisotopic (exact) mass is 272 g/mol. The number of halogens is 1. The van der Waals surface area contributed by atoms with E-state index in [4.69, 9.17) is 11.6 Å². The molecule has 0 spiro atoms. The second-order valence-electron chi connectivity index (χ2n) is 5.71. The zero-order valence-corrected chi connectivity index (χ0v) is 12.2. The molecule has 1 saturated carbocycles. The van der Waals surface area contributed by atoms with Gasteiger partial charge in [-0.15, -0.1) is 11.3 Å². The fourth-order valence-electron chi connectivity index (χ4n) is 2.89. The third-order valence-corrected chi connectivity index (χ3v) is 5.17. The van der Waals surface area contributed by atoms with Crippen LogP contribution in [0.1, 0.15) is 44.4 Å². The van der Waals surface area contributed by atoms with Crippen molar-refractivity contribution in [2.24, 2.45) is 11.8 Å². The normalized spacial score (nSPS) is 29.8. The Labute approximate surface area is 113 Å². The van der Waals surface area contributed by atoms with Gasteiger partial charge in [0.05, 0.1) is 9.94 Å². The number of rotatable bonds is 3. The molecule has 0 aliphatic heterocycles. The first kappa shape index (κ1) is 13.4. The van der Waals surface area contributed by atoms with Crippen molar-refractivity contribution in [2.75, 3.05) is 0 Å². The van der Waals surface area contributed by atoms with Crippen molar-refractivity contribution in [2.45, 2.75) is 51.6 Å². The van der Waals surface area contributed by atoms with Gasteiger partial charge in [0, 0.05) is 11.3 Å². The molecule has 1 aliphatic carbocycles. The van der Waals surface area contributed by atoms with Crippen molar-refractivity contribution in [3.05, 3.63) is 21.3 Å². The van der Waals surface area contributed by atoms with Crippen LogP contribution in [0.15, 0.2) is 12.1 Å². The topological polar surface area (TPSA) is 20.2 Å². The van der Waals surface area contributed by atoms with E-state index in [9.17, 15) is 5.11 Å². The Kier molecular flexibility index (Phi) is 4.17. The van der Waals surface area contributed by atoms with Crippen LogP contribution in [0.25, 0.3) is 0 Å². The molecule has 0 aromatic carbocycles. The molecular weight excluding hydrogens is 252 g/mol. The van der Waals surface area contributed by atoms with Gasteiger partial charge in [-0.1, -0.05) is 31.9 Å². The zero-order valence-electron chi connectivity index (χ0n) is 10.6. The van der Waals surface area contributed by atoms with Gasteiger partial charge >= 0.3 is 0 Å². The highest BCUT2D eigenvalue weighted by atomic mass is 35.5. The molecular formula is C14H21ClOS. The summed E-state index contributed by atoms with van der Waals surface area (Å²) in [7, 11) is 0. The van der Waals surface area contributed by atoms with E-state index < -0.39 is 5.60 Å². The Bertz CT molecular complexity index is 374. The molecule has 0 amide bonds. The largest absolute Gasteiger partial charge is 0.390 e. The van der Waals surface area contributed by atoms with Gasteiger partial charge in [-0.3, -0.25) is 0 Å². The standard InChI is InChI=1S/C14H21ClOS/c1-10(2)11-4-3-7-14(16,8-11)9-12-5-6-13(15)17-12/h5-6,10-11,16H,3-4,7-9H2,1-2H3. The summed E-state index contributed by atoms with van der Waals surface area (Å²) in [6.45, 7) is 4.52. The van der Waals surface area contributed by atoms with Crippen LogP contribution in [0.2, 0.25) is 4.34 Å². The van der Waals surface area contributed by atoms with Crippen LogP contribution in [-0.2, 0) is 6.42 Å². The molecule has 0 bridgehead atoms. The SMILES string of the molecule is CC(C)C1CCCC(O)(Cc2ccc(Cl)s2)C1. The first-order valence-electron chi connectivity index (χ1n) is 6.45. The molecule has 2 rings (SSSR count). The number of thiophene rings is 1. The summed E-state index contributed by atoms with van der Waals surface area (Å²) in [5.74, 6) is 1.35. The first-order valence-corrected chi connectivity index (χ1v) is 7.64. The summed E-state index contributed by atoms with van der Waals surface area (Å²) in [4.78, 5) is 1.21. The van der Waals surface area contributed by atoms with Crippen LogP contribution in [0.3, 0.4) is 0 Å². The summed E-state index contributed by atoms with van der Waals surface area (Å²) in [5.41, 5.74) is -0.499. The molecule has 0 saturated heterocycles. The predicted octanol–water partition coefficient (Wildman–Crippen LogP) is 4.52. The number of aliphatic hydroxyl groups is 1. The molecule has 1 aromatic rings. The second kappa shape index (κ2) is 5.29. The van der Waals surface area contributed by atoms with Gasteiger partial charge in [-0.05, 0) is 43.2 Å². The van der Waals surface area contributed by atoms with Gasteiger partial charge in [-0.2, -0.15) is 0 Å². The lowest BCUT2D eigenvalue weighted by Gasteiger charge is -2.38. The Morgan fingerprint density at radius 2 is 2.29 bits per heavy atom. The van der Waals surface area contributed by atoms with Gasteiger partial charge in [0.15, 0.2) is 0 Å². The third kappa shape index (κ3) is 3.46. The molecule has 0 radical (unpaired) electrons. The Balaban J connectivity index is 2.03. The first-order chi connectivity index (χ1) is 7.98. The molecule has 2 atom stereocenters. The van der Waals surface area contributed by atoms with Crippen LogP contribution >= 0.6 is 22.9 Å². The lowest BCUT2D eigenvalue weighted by atomic mass is 9.72. The predicted molar refractivity (Wildman–Crippen MR) is 74.8 cm³/mol. The smallest absolute Gasteiger partial charge is 0.0931 e. The molecule has 17 heavy (non-hydrogen) atoms. The van der Waals surface area contributed by atoms with Crippen LogP contribution in [0.4, 0.5) is 0 Å². The molecule has 1 fully saturated rings. The minimum Gasteiger partial charge on any atom is -0.390 e. The average Bonchev–Trinajstić information content (AvgIpc) is 2.63. The van der Waals surface area contributed by atoms with E-state index >= 15 is 0 Å². The van der Waals surface area contributed by atoms with E-state index in [-0.39, 0.29) is 0 Å². The molecule has 96 valence electrons. The maximum absolute atomic E-state index is 10.7.